The van der Waals surface area contributed by atoms with Crippen LogP contribution >= 0.6 is 0 Å². The van der Waals surface area contributed by atoms with Crippen molar-refractivity contribution < 1.29 is 19.6 Å². The maximum Gasteiger partial charge on any atom is 0.245 e. The summed E-state index contributed by atoms with van der Waals surface area (Å²) in [5.41, 5.74) is 1.59. The van der Waals surface area contributed by atoms with Crippen LogP contribution in [-0.2, 0) is 14.4 Å². The van der Waals surface area contributed by atoms with Crippen LogP contribution in [0.2, 0.25) is 0 Å². The van der Waals surface area contributed by atoms with Crippen LogP contribution in [0.3, 0.4) is 0 Å². The summed E-state index contributed by atoms with van der Waals surface area (Å²) in [4.78, 5) is 38.5. The molecule has 144 valence electrons. The molecule has 3 N–H and O–H groups in total. The van der Waals surface area contributed by atoms with Gasteiger partial charge in [0.1, 0.15) is 6.04 Å². The molecule has 0 unspecified atom stereocenters. The zero-order valence-electron chi connectivity index (χ0n) is 15.7. The quantitative estimate of drug-likeness (QED) is 0.531. The lowest BCUT2D eigenvalue weighted by molar-refractivity contribution is -0.139. The zero-order chi connectivity index (χ0) is 18.8. The lowest BCUT2D eigenvalue weighted by Crippen LogP contribution is -2.52. The molecular formula is C18H33N3O4. The van der Waals surface area contributed by atoms with Gasteiger partial charge in [-0.05, 0) is 18.8 Å². The van der Waals surface area contributed by atoms with Crippen LogP contribution in [0.5, 0.6) is 0 Å². The predicted octanol–water partition coefficient (Wildman–Crippen LogP) is 1.84. The van der Waals surface area contributed by atoms with Gasteiger partial charge in [0.05, 0.1) is 0 Å². The fraction of sp³-hybridized carbons (Fsp3) is 0.833. The first-order valence-corrected chi connectivity index (χ1v) is 9.35. The molecule has 0 saturated carbocycles. The number of amides is 3. The lowest BCUT2D eigenvalue weighted by atomic mass is 9.94. The average Bonchev–Trinajstić information content (AvgIpc) is 2.58. The lowest BCUT2D eigenvalue weighted by Gasteiger charge is -2.29. The van der Waals surface area contributed by atoms with Crippen LogP contribution < -0.4 is 10.8 Å². The first kappa shape index (κ1) is 21.4. The fourth-order valence-electron chi connectivity index (χ4n) is 3.17. The molecule has 7 nitrogen and oxygen atoms in total. The number of hydrogen-bond acceptors (Lipinski definition) is 4. The second kappa shape index (κ2) is 11.1. The van der Waals surface area contributed by atoms with Crippen molar-refractivity contribution in [1.82, 2.24) is 15.7 Å². The highest BCUT2D eigenvalue weighted by Gasteiger charge is 2.30. The molecule has 0 aliphatic carbocycles. The van der Waals surface area contributed by atoms with Gasteiger partial charge >= 0.3 is 0 Å². The van der Waals surface area contributed by atoms with Crippen LogP contribution in [0.4, 0.5) is 0 Å². The molecule has 1 aliphatic heterocycles. The monoisotopic (exact) mass is 355 g/mol. The summed E-state index contributed by atoms with van der Waals surface area (Å²) in [7, 11) is 1.77. The average molecular weight is 355 g/mol. The largest absolute Gasteiger partial charge is 0.344 e. The van der Waals surface area contributed by atoms with Crippen molar-refractivity contribution in [3.05, 3.63) is 0 Å². The third-order valence-corrected chi connectivity index (χ3v) is 4.83. The van der Waals surface area contributed by atoms with Gasteiger partial charge in [0, 0.05) is 25.9 Å². The van der Waals surface area contributed by atoms with Gasteiger partial charge in [0.2, 0.25) is 17.7 Å². The molecule has 0 bridgehead atoms. The summed E-state index contributed by atoms with van der Waals surface area (Å²) in [5.74, 6) is -1.54. The van der Waals surface area contributed by atoms with Crippen molar-refractivity contribution in [2.75, 3.05) is 13.6 Å². The van der Waals surface area contributed by atoms with E-state index in [1.165, 1.54) is 0 Å². The molecule has 1 rings (SSSR count). The fourth-order valence-corrected chi connectivity index (χ4v) is 3.17. The predicted molar refractivity (Wildman–Crippen MR) is 94.8 cm³/mol. The molecule has 1 aliphatic rings. The molecule has 25 heavy (non-hydrogen) atoms. The normalized spacial score (nSPS) is 24.6. The van der Waals surface area contributed by atoms with E-state index in [2.05, 4.69) is 5.32 Å². The van der Waals surface area contributed by atoms with Crippen LogP contribution in [0.25, 0.3) is 0 Å². The minimum atomic E-state index is -0.597. The highest BCUT2D eigenvalue weighted by atomic mass is 16.5. The van der Waals surface area contributed by atoms with Crippen LogP contribution in [-0.4, -0.2) is 47.5 Å². The van der Waals surface area contributed by atoms with Crippen molar-refractivity contribution in [2.24, 2.45) is 11.8 Å². The van der Waals surface area contributed by atoms with Crippen LogP contribution in [0.1, 0.15) is 65.2 Å². The molecule has 1 saturated heterocycles. The van der Waals surface area contributed by atoms with Gasteiger partial charge in [0.25, 0.3) is 0 Å². The van der Waals surface area contributed by atoms with Crippen LogP contribution in [0, 0.1) is 11.8 Å². The van der Waals surface area contributed by atoms with Crippen molar-refractivity contribution in [2.45, 2.75) is 71.3 Å². The van der Waals surface area contributed by atoms with E-state index in [1.807, 2.05) is 13.8 Å². The molecule has 7 heteroatoms. The minimum absolute atomic E-state index is 0.0425. The van der Waals surface area contributed by atoms with Gasteiger partial charge in [-0.15, -0.1) is 0 Å². The van der Waals surface area contributed by atoms with E-state index in [-0.39, 0.29) is 24.2 Å². The molecule has 1 fully saturated rings. The van der Waals surface area contributed by atoms with E-state index in [9.17, 15) is 14.4 Å². The van der Waals surface area contributed by atoms with E-state index >= 15 is 0 Å². The Morgan fingerprint density at radius 1 is 1.20 bits per heavy atom. The smallest absolute Gasteiger partial charge is 0.245 e. The summed E-state index contributed by atoms with van der Waals surface area (Å²) < 4.78 is 0. The number of hydrogen-bond donors (Lipinski definition) is 3. The Kier molecular flexibility index (Phi) is 9.49. The first-order valence-electron chi connectivity index (χ1n) is 9.35. The van der Waals surface area contributed by atoms with Gasteiger partial charge in [-0.1, -0.05) is 46.0 Å². The molecule has 0 aromatic rings. The Morgan fingerprint density at radius 2 is 1.80 bits per heavy atom. The maximum atomic E-state index is 12.7. The first-order chi connectivity index (χ1) is 11.9. The van der Waals surface area contributed by atoms with Crippen molar-refractivity contribution in [1.29, 1.82) is 0 Å². The summed E-state index contributed by atoms with van der Waals surface area (Å²) >= 11 is 0. The highest BCUT2D eigenvalue weighted by Crippen LogP contribution is 2.18. The number of carbonyl (C=O) groups is 3. The minimum Gasteiger partial charge on any atom is -0.344 e. The SMILES string of the molecule is CC(C)[C@@H]1NC(=O)[C@@H](CC(=O)NO)CCCCCCCCN(C)C1=O. The zero-order valence-corrected chi connectivity index (χ0v) is 15.7. The second-order valence-corrected chi connectivity index (χ2v) is 7.34. The summed E-state index contributed by atoms with van der Waals surface area (Å²) in [5, 5.41) is 11.6. The molecule has 1 heterocycles. The molecule has 0 aromatic carbocycles. The Balaban J connectivity index is 2.90. The third kappa shape index (κ3) is 7.42. The molecule has 0 spiro atoms. The highest BCUT2D eigenvalue weighted by molar-refractivity contribution is 5.90. The Bertz CT molecular complexity index is 454. The molecule has 2 atom stereocenters. The second-order valence-electron chi connectivity index (χ2n) is 7.34. The Hall–Kier alpha value is -1.63. The van der Waals surface area contributed by atoms with Gasteiger partial charge < -0.3 is 10.2 Å². The van der Waals surface area contributed by atoms with Gasteiger partial charge in [-0.3, -0.25) is 19.6 Å². The maximum absolute atomic E-state index is 12.7. The number of rotatable bonds is 3. The van der Waals surface area contributed by atoms with E-state index in [1.54, 1.807) is 17.4 Å². The molecule has 3 amide bonds. The number of likely N-dealkylation sites (N-methyl/N-ethyl adjacent to an activating group) is 1. The number of hydroxylamine groups is 1. The molecular weight excluding hydrogens is 322 g/mol. The number of carbonyl (C=O) groups excluding carboxylic acids is 3. The Labute approximate surface area is 150 Å². The van der Waals surface area contributed by atoms with E-state index in [4.69, 9.17) is 5.21 Å². The van der Waals surface area contributed by atoms with Crippen molar-refractivity contribution in [3.8, 4) is 0 Å². The number of nitrogens with one attached hydrogen (secondary N) is 2. The summed E-state index contributed by atoms with van der Waals surface area (Å²) in [6.07, 6.45) is 6.65. The topological polar surface area (TPSA) is 98.7 Å². The molecule has 0 radical (unpaired) electrons. The van der Waals surface area contributed by atoms with Gasteiger partial charge in [-0.25, -0.2) is 5.48 Å². The number of nitrogens with zero attached hydrogens (tertiary/aromatic N) is 1. The summed E-state index contributed by atoms with van der Waals surface area (Å²) in [6, 6.07) is -0.597. The Morgan fingerprint density at radius 3 is 2.40 bits per heavy atom. The summed E-state index contributed by atoms with van der Waals surface area (Å²) in [6.45, 7) is 4.48. The molecule has 0 aromatic heterocycles. The van der Waals surface area contributed by atoms with Crippen molar-refractivity contribution >= 4 is 17.7 Å². The van der Waals surface area contributed by atoms with Gasteiger partial charge in [-0.2, -0.15) is 0 Å². The van der Waals surface area contributed by atoms with E-state index in [0.717, 1.165) is 38.5 Å². The third-order valence-electron chi connectivity index (χ3n) is 4.83. The standard InChI is InChI=1S/C18H33N3O4/c1-13(2)16-18(24)21(3)11-9-7-5-4-6-8-10-14(17(23)19-16)12-15(22)20-25/h13-14,16,25H,4-12H2,1-3H3,(H,19,23)(H,20,22)/t14-,16+/m1/s1. The van der Waals surface area contributed by atoms with Crippen molar-refractivity contribution in [3.63, 3.8) is 0 Å². The van der Waals surface area contributed by atoms with Gasteiger partial charge in [0.15, 0.2) is 0 Å². The van der Waals surface area contributed by atoms with Crippen LogP contribution in [0.15, 0.2) is 0 Å². The van der Waals surface area contributed by atoms with E-state index < -0.39 is 17.9 Å². The van der Waals surface area contributed by atoms with E-state index in [0.29, 0.717) is 13.0 Å².